The highest BCUT2D eigenvalue weighted by Gasteiger charge is 2.55. The van der Waals surface area contributed by atoms with E-state index >= 15 is 0 Å². The zero-order chi connectivity index (χ0) is 31.6. The lowest BCUT2D eigenvalue weighted by Gasteiger charge is -2.46. The van der Waals surface area contributed by atoms with Crippen LogP contribution >= 0.6 is 0 Å². The number of carbonyl (C=O) groups excluding carboxylic acids is 2. The molecule has 13 nitrogen and oxygen atoms in total. The molecule has 0 radical (unpaired) electrons. The number of amides is 2. The zero-order valence-electron chi connectivity index (χ0n) is 22.9. The highest BCUT2D eigenvalue weighted by molar-refractivity contribution is 5.79. The number of ether oxygens (including phenoxy) is 3. The number of halogens is 1. The van der Waals surface area contributed by atoms with Crippen LogP contribution in [0, 0.1) is 18.2 Å². The lowest BCUT2D eigenvalue weighted by Crippen LogP contribution is -2.68. The zero-order valence-corrected chi connectivity index (χ0v) is 22.9. The number of carboxylic acids is 1. The normalized spacial score (nSPS) is 22.9. The van der Waals surface area contributed by atoms with Crippen LogP contribution < -0.4 is 15.4 Å². The van der Waals surface area contributed by atoms with E-state index in [1.54, 1.807) is 24.3 Å². The van der Waals surface area contributed by atoms with Gasteiger partial charge >= 0.3 is 5.97 Å². The molecule has 7 N–H and O–H groups in total. The van der Waals surface area contributed by atoms with E-state index in [0.717, 1.165) is 6.07 Å². The van der Waals surface area contributed by atoms with E-state index < -0.39 is 79.4 Å². The molecule has 6 atom stereocenters. The van der Waals surface area contributed by atoms with Gasteiger partial charge in [0.2, 0.25) is 11.8 Å². The van der Waals surface area contributed by atoms with Crippen LogP contribution in [-0.2, 0) is 36.9 Å². The Balaban J connectivity index is 1.75. The first kappa shape index (κ1) is 33.4. The monoisotopic (exact) mass is 604 g/mol. The second-order valence-electron chi connectivity index (χ2n) is 9.76. The first-order valence-electron chi connectivity index (χ1n) is 13.1. The van der Waals surface area contributed by atoms with Gasteiger partial charge < -0.3 is 50.4 Å². The molecule has 14 heteroatoms. The molecule has 0 unspecified atom stereocenters. The molecule has 2 aromatic rings. The molecule has 2 aromatic carbocycles. The van der Waals surface area contributed by atoms with Crippen molar-refractivity contribution in [1.29, 1.82) is 0 Å². The van der Waals surface area contributed by atoms with Crippen LogP contribution in [0.4, 0.5) is 4.39 Å². The van der Waals surface area contributed by atoms with Gasteiger partial charge in [0.05, 0.1) is 31.3 Å². The lowest BCUT2D eigenvalue weighted by atomic mass is 9.88. The van der Waals surface area contributed by atoms with Gasteiger partial charge in [0.25, 0.3) is 5.79 Å². The van der Waals surface area contributed by atoms with Gasteiger partial charge in [0.1, 0.15) is 37.0 Å². The minimum atomic E-state index is -2.54. The molecule has 1 fully saturated rings. The minimum absolute atomic E-state index is 0.0456. The topological polar surface area (TPSA) is 204 Å². The van der Waals surface area contributed by atoms with Crippen LogP contribution in [-0.4, -0.2) is 99.3 Å². The van der Waals surface area contributed by atoms with Crippen LogP contribution in [0.15, 0.2) is 48.5 Å². The van der Waals surface area contributed by atoms with Crippen LogP contribution in [0.3, 0.4) is 0 Å². The molecule has 0 bridgehead atoms. The lowest BCUT2D eigenvalue weighted by molar-refractivity contribution is -0.314. The van der Waals surface area contributed by atoms with E-state index in [1.807, 2.05) is 0 Å². The number of aliphatic carboxylic acids is 1. The van der Waals surface area contributed by atoms with E-state index in [0.29, 0.717) is 16.9 Å². The molecule has 0 spiro atoms. The fourth-order valence-electron chi connectivity index (χ4n) is 4.41. The molecule has 1 aliphatic heterocycles. The molecule has 2 amide bonds. The third-order valence-corrected chi connectivity index (χ3v) is 6.58. The van der Waals surface area contributed by atoms with Crippen LogP contribution in [0.2, 0.25) is 0 Å². The summed E-state index contributed by atoms with van der Waals surface area (Å²) in [5.41, 5.74) is 0.844. The van der Waals surface area contributed by atoms with Crippen molar-refractivity contribution in [3.63, 3.8) is 0 Å². The molecule has 1 saturated heterocycles. The second-order valence-corrected chi connectivity index (χ2v) is 9.76. The van der Waals surface area contributed by atoms with Crippen LogP contribution in [0.25, 0.3) is 0 Å². The van der Waals surface area contributed by atoms with E-state index in [9.17, 15) is 44.3 Å². The summed E-state index contributed by atoms with van der Waals surface area (Å²) in [6.45, 7) is -1.83. The third-order valence-electron chi connectivity index (χ3n) is 6.58. The van der Waals surface area contributed by atoms with Crippen LogP contribution in [0.1, 0.15) is 17.5 Å². The second kappa shape index (κ2) is 15.4. The van der Waals surface area contributed by atoms with E-state index in [2.05, 4.69) is 16.6 Å². The summed E-state index contributed by atoms with van der Waals surface area (Å²) in [6, 6.07) is 10.1. The van der Waals surface area contributed by atoms with Gasteiger partial charge in [-0.3, -0.25) is 9.59 Å². The Morgan fingerprint density at radius 3 is 2.49 bits per heavy atom. The summed E-state index contributed by atoms with van der Waals surface area (Å²) in [4.78, 5) is 36.7. The van der Waals surface area contributed by atoms with Crippen molar-refractivity contribution in [1.82, 2.24) is 10.6 Å². The van der Waals surface area contributed by atoms with Crippen molar-refractivity contribution in [2.75, 3.05) is 19.8 Å². The predicted molar refractivity (Wildman–Crippen MR) is 146 cm³/mol. The van der Waals surface area contributed by atoms with Gasteiger partial charge in [-0.1, -0.05) is 30.2 Å². The minimum Gasteiger partial charge on any atom is -0.481 e. The SMILES string of the molecule is C#CCOc1ccc(CO[C@]2(C(=O)O)C[C@H](O)[C@@H](NC(=O)CO)[C@H]([C@H](O)[C@H](O)CNC(=O)Cc3cccc(F)c3)O2)cc1. The largest absolute Gasteiger partial charge is 0.481 e. The van der Waals surface area contributed by atoms with Gasteiger partial charge in [0, 0.05) is 13.0 Å². The van der Waals surface area contributed by atoms with Crippen molar-refractivity contribution < 1.29 is 58.5 Å². The molecular weight excluding hydrogens is 571 g/mol. The molecule has 0 aromatic heterocycles. The van der Waals surface area contributed by atoms with Crippen molar-refractivity contribution >= 4 is 17.8 Å². The van der Waals surface area contributed by atoms with Gasteiger partial charge in [-0.05, 0) is 35.4 Å². The van der Waals surface area contributed by atoms with Crippen molar-refractivity contribution in [3.8, 4) is 18.1 Å². The maximum atomic E-state index is 13.4. The van der Waals surface area contributed by atoms with Crippen molar-refractivity contribution in [2.45, 2.75) is 55.7 Å². The number of benzene rings is 2. The predicted octanol–water partition coefficient (Wildman–Crippen LogP) is -1.16. The average Bonchev–Trinajstić information content (AvgIpc) is 2.98. The average molecular weight is 605 g/mol. The first-order chi connectivity index (χ1) is 20.5. The van der Waals surface area contributed by atoms with E-state index in [1.165, 1.54) is 18.2 Å². The number of carbonyl (C=O) groups is 3. The Morgan fingerprint density at radius 1 is 1.14 bits per heavy atom. The standard InChI is InChI=1S/C29H33FN2O11/c1-2-10-41-20-8-6-17(7-9-20)16-42-29(28(39)40)13-21(34)25(32-24(37)15-33)27(43-29)26(38)22(35)14-31-23(36)12-18-4-3-5-19(30)11-18/h1,3-9,11,21-22,25-27,33-35,38H,10,12-16H2,(H,31,36)(H,32,37)(H,39,40)/t21-,22+,25+,26+,27+,29+/m0/s1. The molecule has 0 saturated carbocycles. The van der Waals surface area contributed by atoms with Crippen LogP contribution in [0.5, 0.6) is 5.75 Å². The Kier molecular flexibility index (Phi) is 12.0. The Hall–Kier alpha value is -4.10. The van der Waals surface area contributed by atoms with Gasteiger partial charge in [-0.15, -0.1) is 6.42 Å². The molecule has 3 rings (SSSR count). The number of nitrogens with one attached hydrogen (secondary N) is 2. The van der Waals surface area contributed by atoms with E-state index in [-0.39, 0.29) is 19.6 Å². The summed E-state index contributed by atoms with van der Waals surface area (Å²) >= 11 is 0. The fourth-order valence-corrected chi connectivity index (χ4v) is 4.41. The van der Waals surface area contributed by atoms with Gasteiger partial charge in [-0.25, -0.2) is 9.18 Å². The summed E-state index contributed by atoms with van der Waals surface area (Å²) in [6.07, 6.45) is -3.02. The Bertz CT molecular complexity index is 1300. The first-order valence-corrected chi connectivity index (χ1v) is 13.1. The van der Waals surface area contributed by atoms with Crippen molar-refractivity contribution in [3.05, 3.63) is 65.5 Å². The highest BCUT2D eigenvalue weighted by Crippen LogP contribution is 2.34. The number of aliphatic hydroxyl groups is 4. The fraction of sp³-hybridized carbons (Fsp3) is 0.414. The maximum Gasteiger partial charge on any atom is 0.364 e. The van der Waals surface area contributed by atoms with Crippen molar-refractivity contribution in [2.24, 2.45) is 0 Å². The quantitative estimate of drug-likeness (QED) is 0.128. The van der Waals surface area contributed by atoms with Gasteiger partial charge in [0.15, 0.2) is 0 Å². The molecule has 1 aliphatic rings. The Labute approximate surface area is 246 Å². The number of terminal acetylenes is 1. The van der Waals surface area contributed by atoms with E-state index in [4.69, 9.17) is 20.6 Å². The summed E-state index contributed by atoms with van der Waals surface area (Å²) in [7, 11) is 0. The number of carboxylic acid groups (broad SMARTS) is 1. The number of rotatable bonds is 14. The smallest absolute Gasteiger partial charge is 0.364 e. The number of aliphatic hydroxyl groups excluding tert-OH is 4. The Morgan fingerprint density at radius 2 is 1.86 bits per heavy atom. The summed E-state index contributed by atoms with van der Waals surface area (Å²) in [5.74, 6) is -3.56. The summed E-state index contributed by atoms with van der Waals surface area (Å²) < 4.78 is 30.0. The third kappa shape index (κ3) is 9.19. The molecule has 232 valence electrons. The number of hydrogen-bond donors (Lipinski definition) is 7. The molecule has 43 heavy (non-hydrogen) atoms. The molecule has 0 aliphatic carbocycles. The maximum absolute atomic E-state index is 13.4. The van der Waals surface area contributed by atoms with Gasteiger partial charge in [-0.2, -0.15) is 0 Å². The highest BCUT2D eigenvalue weighted by atomic mass is 19.1. The molecular formula is C29H33FN2O11. The number of hydrogen-bond acceptors (Lipinski definition) is 10. The summed E-state index contributed by atoms with van der Waals surface area (Å²) in [5, 5.41) is 56.4. The molecule has 1 heterocycles.